The summed E-state index contributed by atoms with van der Waals surface area (Å²) in [6.45, 7) is 1.28. The first-order chi connectivity index (χ1) is 17.7. The summed E-state index contributed by atoms with van der Waals surface area (Å²) >= 11 is 0. The Morgan fingerprint density at radius 3 is 2.32 bits per heavy atom. The first kappa shape index (κ1) is 25.7. The predicted octanol–water partition coefficient (Wildman–Crippen LogP) is 5.74. The lowest BCUT2D eigenvalue weighted by Crippen LogP contribution is -2.26. The fourth-order valence-corrected chi connectivity index (χ4v) is 4.11. The number of benzene rings is 3. The molecule has 1 amide bonds. The van der Waals surface area contributed by atoms with Gasteiger partial charge in [0.25, 0.3) is 5.91 Å². The number of para-hydroxylation sites is 1. The number of halogens is 3. The molecule has 0 bridgehead atoms. The highest BCUT2D eigenvalue weighted by atomic mass is 19.4. The molecule has 0 atom stereocenters. The van der Waals surface area contributed by atoms with Crippen LogP contribution in [0.1, 0.15) is 21.6 Å². The van der Waals surface area contributed by atoms with Crippen LogP contribution in [0.2, 0.25) is 0 Å². The maximum atomic E-state index is 13.0. The van der Waals surface area contributed by atoms with Crippen LogP contribution < -0.4 is 4.74 Å². The molecule has 0 unspecified atom stereocenters. The number of pyridine rings is 1. The van der Waals surface area contributed by atoms with Gasteiger partial charge in [-0.05, 0) is 47.0 Å². The van der Waals surface area contributed by atoms with Gasteiger partial charge in [0.15, 0.2) is 0 Å². The zero-order chi connectivity index (χ0) is 26.6. The number of hydrogen-bond donors (Lipinski definition) is 1. The van der Waals surface area contributed by atoms with Crippen molar-refractivity contribution in [3.8, 4) is 16.9 Å². The van der Waals surface area contributed by atoms with Gasteiger partial charge in [0.1, 0.15) is 5.75 Å². The average Bonchev–Trinajstić information content (AvgIpc) is 3.22. The molecule has 190 valence electrons. The summed E-state index contributed by atoms with van der Waals surface area (Å²) in [6, 6.07) is 26.2. The van der Waals surface area contributed by atoms with Crippen LogP contribution in [0.3, 0.4) is 0 Å². The van der Waals surface area contributed by atoms with Crippen molar-refractivity contribution in [2.75, 3.05) is 13.7 Å². The zero-order valence-electron chi connectivity index (χ0n) is 19.8. The van der Waals surface area contributed by atoms with E-state index in [1.54, 1.807) is 7.11 Å². The lowest BCUT2D eigenvalue weighted by atomic mass is 9.97. The summed E-state index contributed by atoms with van der Waals surface area (Å²) in [5, 5.41) is 8.26. The number of carboxylic acids is 1. The van der Waals surface area contributed by atoms with Gasteiger partial charge in [-0.3, -0.25) is 9.78 Å². The normalized spacial score (nSPS) is 12.6. The standard InChI is InChI=1S/C26H22N2O2.C2HF3O2/c1-30-21-13-10-18(11-14-21)22-6-4-7-23-24(22)17-28(26(23)29)16-15-20-12-9-19-5-2-3-8-25(19)27-20;3-2(4,5)1(6)7/h2-14H,15-17H2,1H3;(H,6,7). The number of methoxy groups -OCH3 is 1. The predicted molar refractivity (Wildman–Crippen MR) is 132 cm³/mol. The number of carbonyl (C=O) groups is 2. The highest BCUT2D eigenvalue weighted by Crippen LogP contribution is 2.33. The Balaban J connectivity index is 0.000000405. The molecule has 1 aliphatic heterocycles. The summed E-state index contributed by atoms with van der Waals surface area (Å²) in [5.41, 5.74) is 6.10. The Kier molecular flexibility index (Phi) is 7.42. The summed E-state index contributed by atoms with van der Waals surface area (Å²) < 4.78 is 37.0. The van der Waals surface area contributed by atoms with Crippen LogP contribution in [0.25, 0.3) is 22.0 Å². The number of fused-ring (bicyclic) bond motifs is 2. The molecular formula is C28H23F3N2O4. The van der Waals surface area contributed by atoms with Gasteiger partial charge in [-0.15, -0.1) is 0 Å². The Bertz CT molecular complexity index is 1440. The van der Waals surface area contributed by atoms with Crippen LogP contribution in [0.4, 0.5) is 13.2 Å². The quantitative estimate of drug-likeness (QED) is 0.372. The van der Waals surface area contributed by atoms with Gasteiger partial charge in [-0.25, -0.2) is 4.79 Å². The van der Waals surface area contributed by atoms with Crippen LogP contribution in [-0.4, -0.2) is 46.7 Å². The zero-order valence-corrected chi connectivity index (χ0v) is 19.8. The molecular weight excluding hydrogens is 485 g/mol. The first-order valence-electron chi connectivity index (χ1n) is 11.4. The molecule has 5 rings (SSSR count). The Hall–Kier alpha value is -4.40. The van der Waals surface area contributed by atoms with Crippen molar-refractivity contribution in [1.29, 1.82) is 0 Å². The fourth-order valence-electron chi connectivity index (χ4n) is 4.11. The van der Waals surface area contributed by atoms with Crippen molar-refractivity contribution in [1.82, 2.24) is 9.88 Å². The minimum atomic E-state index is -5.08. The van der Waals surface area contributed by atoms with Crippen molar-refractivity contribution >= 4 is 22.8 Å². The van der Waals surface area contributed by atoms with Gasteiger partial charge in [-0.2, -0.15) is 13.2 Å². The summed E-state index contributed by atoms with van der Waals surface area (Å²) in [4.78, 5) is 28.6. The number of aliphatic carboxylic acids is 1. The van der Waals surface area contributed by atoms with Gasteiger partial charge in [-0.1, -0.05) is 48.5 Å². The Labute approximate surface area is 210 Å². The van der Waals surface area contributed by atoms with E-state index >= 15 is 0 Å². The minimum Gasteiger partial charge on any atom is -0.497 e. The fraction of sp³-hybridized carbons (Fsp3) is 0.179. The molecule has 2 heterocycles. The number of rotatable bonds is 5. The molecule has 0 saturated carbocycles. The van der Waals surface area contributed by atoms with Gasteiger partial charge in [0.2, 0.25) is 0 Å². The first-order valence-corrected chi connectivity index (χ1v) is 11.4. The third-order valence-corrected chi connectivity index (χ3v) is 5.98. The van der Waals surface area contributed by atoms with E-state index in [1.807, 2.05) is 59.5 Å². The van der Waals surface area contributed by atoms with Crippen LogP contribution in [0, 0.1) is 0 Å². The van der Waals surface area contributed by atoms with Crippen molar-refractivity contribution < 1.29 is 32.6 Å². The van der Waals surface area contributed by atoms with Gasteiger partial charge in [0, 0.05) is 36.2 Å². The van der Waals surface area contributed by atoms with E-state index in [4.69, 9.17) is 19.6 Å². The Morgan fingerprint density at radius 1 is 0.973 bits per heavy atom. The number of carboxylic acid groups (broad SMARTS) is 1. The molecule has 4 aromatic rings. The molecule has 1 aliphatic rings. The van der Waals surface area contributed by atoms with Gasteiger partial charge < -0.3 is 14.7 Å². The largest absolute Gasteiger partial charge is 0.497 e. The van der Waals surface area contributed by atoms with E-state index in [0.29, 0.717) is 13.1 Å². The molecule has 0 aliphatic carbocycles. The topological polar surface area (TPSA) is 79.7 Å². The average molecular weight is 508 g/mol. The monoisotopic (exact) mass is 508 g/mol. The highest BCUT2D eigenvalue weighted by Gasteiger charge is 2.38. The number of hydrogen-bond acceptors (Lipinski definition) is 4. The smallest absolute Gasteiger partial charge is 0.490 e. The van der Waals surface area contributed by atoms with Crippen LogP contribution >= 0.6 is 0 Å². The molecule has 1 N–H and O–H groups in total. The minimum absolute atomic E-state index is 0.0983. The number of nitrogens with zero attached hydrogens (tertiary/aromatic N) is 2. The molecule has 37 heavy (non-hydrogen) atoms. The van der Waals surface area contributed by atoms with Crippen molar-refractivity contribution in [3.63, 3.8) is 0 Å². The molecule has 3 aromatic carbocycles. The second-order valence-electron chi connectivity index (χ2n) is 8.34. The van der Waals surface area contributed by atoms with Crippen LogP contribution in [-0.2, 0) is 17.8 Å². The number of ether oxygens (including phenoxy) is 1. The van der Waals surface area contributed by atoms with Gasteiger partial charge >= 0.3 is 12.1 Å². The molecule has 9 heteroatoms. The van der Waals surface area contributed by atoms with Crippen molar-refractivity contribution in [2.45, 2.75) is 19.1 Å². The number of aromatic nitrogens is 1. The molecule has 1 aromatic heterocycles. The molecule has 0 fully saturated rings. The number of alkyl halides is 3. The van der Waals surface area contributed by atoms with E-state index in [1.165, 1.54) is 0 Å². The highest BCUT2D eigenvalue weighted by molar-refractivity contribution is 6.00. The lowest BCUT2D eigenvalue weighted by molar-refractivity contribution is -0.192. The summed E-state index contributed by atoms with van der Waals surface area (Å²) in [7, 11) is 1.66. The van der Waals surface area contributed by atoms with E-state index < -0.39 is 12.1 Å². The van der Waals surface area contributed by atoms with Gasteiger partial charge in [0.05, 0.1) is 12.6 Å². The summed E-state index contributed by atoms with van der Waals surface area (Å²) in [6.07, 6.45) is -4.34. The van der Waals surface area contributed by atoms with E-state index in [-0.39, 0.29) is 5.91 Å². The van der Waals surface area contributed by atoms with Crippen LogP contribution in [0.15, 0.2) is 78.9 Å². The third-order valence-electron chi connectivity index (χ3n) is 5.98. The van der Waals surface area contributed by atoms with Crippen molar-refractivity contribution in [3.05, 3.63) is 95.7 Å². The molecule has 0 saturated heterocycles. The maximum Gasteiger partial charge on any atom is 0.490 e. The van der Waals surface area contributed by atoms with E-state index in [0.717, 1.165) is 51.0 Å². The number of amides is 1. The molecule has 0 spiro atoms. The Morgan fingerprint density at radius 2 is 1.65 bits per heavy atom. The van der Waals surface area contributed by atoms with E-state index in [9.17, 15) is 18.0 Å². The lowest BCUT2D eigenvalue weighted by Gasteiger charge is -2.15. The third kappa shape index (κ3) is 5.88. The molecule has 6 nitrogen and oxygen atoms in total. The molecule has 0 radical (unpaired) electrons. The maximum absolute atomic E-state index is 13.0. The van der Waals surface area contributed by atoms with E-state index in [2.05, 4.69) is 24.3 Å². The van der Waals surface area contributed by atoms with Crippen molar-refractivity contribution in [2.24, 2.45) is 0 Å². The second kappa shape index (κ2) is 10.7. The number of carbonyl (C=O) groups excluding carboxylic acids is 1. The van der Waals surface area contributed by atoms with Crippen LogP contribution in [0.5, 0.6) is 5.75 Å². The second-order valence-corrected chi connectivity index (χ2v) is 8.34. The SMILES string of the molecule is COc1ccc(-c2cccc3c2CN(CCc2ccc4ccccc4n2)C3=O)cc1.O=C(O)C(F)(F)F. The summed E-state index contributed by atoms with van der Waals surface area (Å²) in [5.74, 6) is -1.83.